The number of carboxylic acids is 1. The molecule has 0 unspecified atom stereocenters. The second-order valence-corrected chi connectivity index (χ2v) is 3.06. The number of hydrogen-bond acceptors (Lipinski definition) is 7. The van der Waals surface area contributed by atoms with E-state index in [2.05, 4.69) is 24.2 Å². The predicted molar refractivity (Wildman–Crippen MR) is 59.1 cm³/mol. The molecule has 0 aliphatic rings. The topological polar surface area (TPSA) is 119 Å². The van der Waals surface area contributed by atoms with Crippen LogP contribution in [0, 0.1) is 0 Å². The monoisotopic (exact) mass is 269 g/mol. The van der Waals surface area contributed by atoms with Gasteiger partial charge in [-0.15, -0.1) is 0 Å². The van der Waals surface area contributed by atoms with Crippen LogP contribution in [0.4, 0.5) is 0 Å². The molecule has 0 aliphatic carbocycles. The molecule has 2 rings (SSSR count). The van der Waals surface area contributed by atoms with Crippen molar-refractivity contribution >= 4 is 11.9 Å². The van der Waals surface area contributed by atoms with Crippen LogP contribution in [0.3, 0.4) is 0 Å². The summed E-state index contributed by atoms with van der Waals surface area (Å²) in [5, 5.41) is 15.8. The zero-order chi connectivity index (χ0) is 14.3. The summed E-state index contributed by atoms with van der Waals surface area (Å²) in [4.78, 5) is 25.7. The fraction of sp³-hybridized carbons (Fsp3) is 0.200. The fourth-order valence-corrected chi connectivity index (χ4v) is 0.890. The van der Waals surface area contributed by atoms with E-state index >= 15 is 0 Å². The van der Waals surface area contributed by atoms with Gasteiger partial charge in [0, 0.05) is 19.2 Å². The van der Waals surface area contributed by atoms with E-state index in [1.807, 2.05) is 0 Å². The maximum absolute atomic E-state index is 11.1. The first-order valence-electron chi connectivity index (χ1n) is 4.92. The SMILES string of the molecule is CON(C)C(=O)c1ccon1.O=C(O)c1ccon1. The lowest BCUT2D eigenvalue weighted by molar-refractivity contribution is -0.0762. The highest BCUT2D eigenvalue weighted by Gasteiger charge is 2.13. The van der Waals surface area contributed by atoms with Gasteiger partial charge in [-0.2, -0.15) is 0 Å². The molecule has 0 saturated heterocycles. The van der Waals surface area contributed by atoms with Crippen molar-refractivity contribution in [2.45, 2.75) is 0 Å². The van der Waals surface area contributed by atoms with Crippen molar-refractivity contribution in [2.75, 3.05) is 14.2 Å². The van der Waals surface area contributed by atoms with Gasteiger partial charge < -0.3 is 14.2 Å². The Balaban J connectivity index is 0.000000200. The highest BCUT2D eigenvalue weighted by Crippen LogP contribution is 1.98. The predicted octanol–water partition coefficient (Wildman–Crippen LogP) is 0.681. The molecular weight excluding hydrogens is 258 g/mol. The second-order valence-electron chi connectivity index (χ2n) is 3.06. The van der Waals surface area contributed by atoms with Gasteiger partial charge in [-0.1, -0.05) is 10.3 Å². The average molecular weight is 269 g/mol. The van der Waals surface area contributed by atoms with Crippen molar-refractivity contribution in [3.05, 3.63) is 36.0 Å². The van der Waals surface area contributed by atoms with E-state index in [4.69, 9.17) is 5.11 Å². The molecule has 19 heavy (non-hydrogen) atoms. The molecule has 0 bridgehead atoms. The first-order valence-corrected chi connectivity index (χ1v) is 4.92. The Bertz CT molecular complexity index is 507. The third-order valence-corrected chi connectivity index (χ3v) is 1.87. The Labute approximate surface area is 107 Å². The summed E-state index contributed by atoms with van der Waals surface area (Å²) in [7, 11) is 2.90. The number of hydroxylamine groups is 2. The van der Waals surface area contributed by atoms with Crippen LogP contribution in [0.25, 0.3) is 0 Å². The number of amides is 1. The average Bonchev–Trinajstić information content (AvgIpc) is 3.09. The zero-order valence-electron chi connectivity index (χ0n) is 10.1. The van der Waals surface area contributed by atoms with E-state index in [-0.39, 0.29) is 17.3 Å². The molecule has 0 spiro atoms. The van der Waals surface area contributed by atoms with Crippen molar-refractivity contribution in [3.63, 3.8) is 0 Å². The molecule has 2 aromatic rings. The Morgan fingerprint density at radius 3 is 2.05 bits per heavy atom. The molecule has 0 radical (unpaired) electrons. The summed E-state index contributed by atoms with van der Waals surface area (Å²) in [5.41, 5.74) is 0.166. The third-order valence-electron chi connectivity index (χ3n) is 1.87. The summed E-state index contributed by atoms with van der Waals surface area (Å²) in [6.45, 7) is 0. The van der Waals surface area contributed by atoms with Gasteiger partial charge in [-0.25, -0.2) is 9.86 Å². The van der Waals surface area contributed by atoms with E-state index in [0.717, 1.165) is 5.06 Å². The first kappa shape index (κ1) is 14.4. The van der Waals surface area contributed by atoms with E-state index < -0.39 is 5.97 Å². The highest BCUT2D eigenvalue weighted by atomic mass is 16.7. The van der Waals surface area contributed by atoms with Crippen molar-refractivity contribution in [2.24, 2.45) is 0 Å². The molecule has 9 nitrogen and oxygen atoms in total. The standard InChI is InChI=1S/C6H8N2O3.C4H3NO3/c1-8(10-2)6(9)5-3-4-11-7-5;6-4(7)3-1-2-8-5-3/h3-4H,1-2H3;1-2H,(H,6,7). The van der Waals surface area contributed by atoms with Gasteiger partial charge >= 0.3 is 5.97 Å². The molecule has 0 fully saturated rings. The largest absolute Gasteiger partial charge is 0.476 e. The minimum absolute atomic E-state index is 0.0648. The van der Waals surface area contributed by atoms with Gasteiger partial charge in [0.15, 0.2) is 11.4 Å². The lowest BCUT2D eigenvalue weighted by Gasteiger charge is -2.10. The first-order chi connectivity index (χ1) is 9.06. The minimum atomic E-state index is -1.07. The van der Waals surface area contributed by atoms with Gasteiger partial charge in [0.25, 0.3) is 5.91 Å². The van der Waals surface area contributed by atoms with Gasteiger partial charge in [0.2, 0.25) is 0 Å². The Morgan fingerprint density at radius 2 is 1.74 bits per heavy atom. The number of rotatable bonds is 3. The second kappa shape index (κ2) is 6.91. The van der Waals surface area contributed by atoms with Crippen LogP contribution in [-0.4, -0.2) is 46.5 Å². The molecule has 2 heterocycles. The number of hydrogen-bond donors (Lipinski definition) is 1. The summed E-state index contributed by atoms with van der Waals surface area (Å²) >= 11 is 0. The van der Waals surface area contributed by atoms with Crippen molar-refractivity contribution in [3.8, 4) is 0 Å². The number of carbonyl (C=O) groups excluding carboxylic acids is 1. The third kappa shape index (κ3) is 4.24. The van der Waals surface area contributed by atoms with Crippen LogP contribution < -0.4 is 0 Å². The molecule has 0 aliphatic heterocycles. The number of carboxylic acid groups (broad SMARTS) is 1. The maximum atomic E-state index is 11.1. The van der Waals surface area contributed by atoms with Crippen LogP contribution in [0.2, 0.25) is 0 Å². The molecule has 1 amide bonds. The van der Waals surface area contributed by atoms with Crippen LogP contribution in [-0.2, 0) is 4.84 Å². The maximum Gasteiger partial charge on any atom is 0.358 e. The molecule has 0 aromatic carbocycles. The van der Waals surface area contributed by atoms with E-state index in [0.29, 0.717) is 0 Å². The summed E-state index contributed by atoms with van der Waals surface area (Å²) < 4.78 is 8.72. The van der Waals surface area contributed by atoms with E-state index in [1.54, 1.807) is 0 Å². The Morgan fingerprint density at radius 1 is 1.21 bits per heavy atom. The number of aromatic carboxylic acids is 1. The summed E-state index contributed by atoms with van der Waals surface area (Å²) in [5.74, 6) is -1.40. The Hall–Kier alpha value is -2.68. The number of aromatic nitrogens is 2. The van der Waals surface area contributed by atoms with Crippen molar-refractivity contribution < 1.29 is 28.6 Å². The highest BCUT2D eigenvalue weighted by molar-refractivity contribution is 5.91. The van der Waals surface area contributed by atoms with E-state index in [1.165, 1.54) is 38.8 Å². The van der Waals surface area contributed by atoms with Crippen LogP contribution in [0.5, 0.6) is 0 Å². The van der Waals surface area contributed by atoms with Gasteiger partial charge in [0.05, 0.1) is 7.11 Å². The van der Waals surface area contributed by atoms with E-state index in [9.17, 15) is 9.59 Å². The molecule has 9 heteroatoms. The number of carbonyl (C=O) groups is 2. The zero-order valence-corrected chi connectivity index (χ0v) is 10.1. The molecule has 2 aromatic heterocycles. The van der Waals surface area contributed by atoms with Crippen molar-refractivity contribution in [1.29, 1.82) is 0 Å². The lowest BCUT2D eigenvalue weighted by atomic mass is 10.4. The summed E-state index contributed by atoms with van der Waals surface area (Å²) in [6.07, 6.45) is 2.54. The van der Waals surface area contributed by atoms with Gasteiger partial charge in [-0.3, -0.25) is 9.63 Å². The van der Waals surface area contributed by atoms with Gasteiger partial charge in [-0.05, 0) is 0 Å². The Kier molecular flexibility index (Phi) is 5.23. The van der Waals surface area contributed by atoms with Gasteiger partial charge in [0.1, 0.15) is 12.5 Å². The summed E-state index contributed by atoms with van der Waals surface area (Å²) in [6, 6.07) is 2.75. The molecule has 102 valence electrons. The molecule has 0 atom stereocenters. The fourth-order valence-electron chi connectivity index (χ4n) is 0.890. The van der Waals surface area contributed by atoms with Crippen LogP contribution >= 0.6 is 0 Å². The molecule has 0 saturated carbocycles. The smallest absolute Gasteiger partial charge is 0.358 e. The lowest BCUT2D eigenvalue weighted by Crippen LogP contribution is -2.25. The quantitative estimate of drug-likeness (QED) is 0.808. The van der Waals surface area contributed by atoms with Crippen molar-refractivity contribution in [1.82, 2.24) is 15.4 Å². The normalized spacial score (nSPS) is 9.37. The molecular formula is C10H11N3O6. The van der Waals surface area contributed by atoms with Crippen LogP contribution in [0.15, 0.2) is 33.7 Å². The number of nitrogens with zero attached hydrogens (tertiary/aromatic N) is 3. The molecule has 1 N–H and O–H groups in total. The minimum Gasteiger partial charge on any atom is -0.476 e. The van der Waals surface area contributed by atoms with Crippen LogP contribution in [0.1, 0.15) is 21.0 Å².